The summed E-state index contributed by atoms with van der Waals surface area (Å²) in [6, 6.07) is 8.96. The number of hydrogen-bond donors (Lipinski definition) is 0. The Morgan fingerprint density at radius 1 is 1.00 bits per heavy atom. The van der Waals surface area contributed by atoms with Gasteiger partial charge in [-0.1, -0.05) is 30.3 Å². The molecule has 0 aromatic heterocycles. The van der Waals surface area contributed by atoms with Gasteiger partial charge in [0, 0.05) is 13.6 Å². The Bertz CT molecular complexity index is 470. The summed E-state index contributed by atoms with van der Waals surface area (Å²) in [7, 11) is 1.31. The molecule has 1 fully saturated rings. The summed E-state index contributed by atoms with van der Waals surface area (Å²) in [5.74, 6) is -1.50. The monoisotopic (exact) mass is 232 g/mol. The molecule has 17 heavy (non-hydrogen) atoms. The molecule has 4 amide bonds. The first-order chi connectivity index (χ1) is 8.11. The lowest BCUT2D eigenvalue weighted by atomic mass is 10.1. The zero-order valence-electron chi connectivity index (χ0n) is 9.42. The predicted molar refractivity (Wildman–Crippen MR) is 60.0 cm³/mol. The summed E-state index contributed by atoms with van der Waals surface area (Å²) in [6.07, 6.45) is 0.555. The van der Waals surface area contributed by atoms with E-state index in [1.807, 2.05) is 30.3 Å². The first-order valence-electron chi connectivity index (χ1n) is 5.28. The minimum absolute atomic E-state index is 0.234. The topological polar surface area (TPSA) is 57.7 Å². The van der Waals surface area contributed by atoms with Gasteiger partial charge in [0.05, 0.1) is 0 Å². The van der Waals surface area contributed by atoms with E-state index >= 15 is 0 Å². The van der Waals surface area contributed by atoms with Crippen LogP contribution in [0.15, 0.2) is 30.3 Å². The zero-order chi connectivity index (χ0) is 12.4. The molecule has 0 atom stereocenters. The number of carbonyl (C=O) groups excluding carboxylic acids is 3. The molecule has 0 unspecified atom stereocenters. The molecule has 2 rings (SSSR count). The number of hydrogen-bond acceptors (Lipinski definition) is 3. The minimum Gasteiger partial charge on any atom is -0.263 e. The summed E-state index contributed by atoms with van der Waals surface area (Å²) in [5.41, 5.74) is 1.02. The Kier molecular flexibility index (Phi) is 2.91. The second kappa shape index (κ2) is 4.37. The van der Waals surface area contributed by atoms with E-state index in [1.165, 1.54) is 7.05 Å². The normalized spacial score (nSPS) is 15.9. The van der Waals surface area contributed by atoms with E-state index in [2.05, 4.69) is 0 Å². The molecule has 0 bridgehead atoms. The van der Waals surface area contributed by atoms with Gasteiger partial charge in [-0.25, -0.2) is 4.79 Å². The first kappa shape index (κ1) is 11.3. The highest BCUT2D eigenvalue weighted by molar-refractivity contribution is 6.44. The van der Waals surface area contributed by atoms with Crippen molar-refractivity contribution < 1.29 is 14.4 Å². The van der Waals surface area contributed by atoms with Crippen LogP contribution in [0, 0.1) is 0 Å². The largest absolute Gasteiger partial charge is 0.333 e. The second-order valence-electron chi connectivity index (χ2n) is 3.84. The third-order valence-electron chi connectivity index (χ3n) is 2.72. The molecule has 0 saturated carbocycles. The van der Waals surface area contributed by atoms with Crippen molar-refractivity contribution >= 4 is 17.8 Å². The van der Waals surface area contributed by atoms with Gasteiger partial charge in [0.25, 0.3) is 0 Å². The van der Waals surface area contributed by atoms with Gasteiger partial charge in [-0.05, 0) is 12.0 Å². The molecule has 5 heteroatoms. The van der Waals surface area contributed by atoms with Crippen LogP contribution in [0.1, 0.15) is 5.56 Å². The number of carbonyl (C=O) groups is 3. The fourth-order valence-electron chi connectivity index (χ4n) is 1.70. The van der Waals surface area contributed by atoms with Gasteiger partial charge in [0.15, 0.2) is 0 Å². The molecule has 88 valence electrons. The van der Waals surface area contributed by atoms with E-state index in [4.69, 9.17) is 0 Å². The van der Waals surface area contributed by atoms with Crippen molar-refractivity contribution in [1.82, 2.24) is 9.80 Å². The Morgan fingerprint density at radius 2 is 1.65 bits per heavy atom. The molecule has 5 nitrogen and oxygen atoms in total. The van der Waals surface area contributed by atoms with Crippen LogP contribution in [0.25, 0.3) is 0 Å². The molecule has 1 aromatic rings. The van der Waals surface area contributed by atoms with Crippen molar-refractivity contribution in [2.45, 2.75) is 6.42 Å². The smallest absolute Gasteiger partial charge is 0.263 e. The summed E-state index contributed by atoms with van der Waals surface area (Å²) in [6.45, 7) is 0.234. The Labute approximate surface area is 98.6 Å². The predicted octanol–water partition coefficient (Wildman–Crippen LogP) is 0.650. The molecule has 1 aliphatic heterocycles. The van der Waals surface area contributed by atoms with Crippen LogP contribution in [-0.4, -0.2) is 41.2 Å². The second-order valence-corrected chi connectivity index (χ2v) is 3.84. The van der Waals surface area contributed by atoms with Crippen LogP contribution < -0.4 is 0 Å². The number of amides is 4. The quantitative estimate of drug-likeness (QED) is 0.568. The molecule has 1 heterocycles. The van der Waals surface area contributed by atoms with Crippen LogP contribution in [0.3, 0.4) is 0 Å². The first-order valence-corrected chi connectivity index (χ1v) is 5.28. The van der Waals surface area contributed by atoms with Crippen molar-refractivity contribution in [2.75, 3.05) is 13.6 Å². The van der Waals surface area contributed by atoms with E-state index < -0.39 is 17.8 Å². The van der Waals surface area contributed by atoms with E-state index in [9.17, 15) is 14.4 Å². The highest BCUT2D eigenvalue weighted by Crippen LogP contribution is 2.11. The van der Waals surface area contributed by atoms with Crippen LogP contribution in [0.2, 0.25) is 0 Å². The van der Waals surface area contributed by atoms with Crippen LogP contribution in [0.4, 0.5) is 4.79 Å². The van der Waals surface area contributed by atoms with Crippen LogP contribution in [0.5, 0.6) is 0 Å². The molecule has 1 saturated heterocycles. The van der Waals surface area contributed by atoms with Crippen molar-refractivity contribution in [1.29, 1.82) is 0 Å². The average molecular weight is 232 g/mol. The number of imide groups is 2. The number of nitrogens with zero attached hydrogens (tertiary/aromatic N) is 2. The van der Waals surface area contributed by atoms with E-state index in [1.54, 1.807) is 0 Å². The lowest BCUT2D eigenvalue weighted by Crippen LogP contribution is -2.33. The molecular formula is C12H12N2O3. The highest BCUT2D eigenvalue weighted by Gasteiger charge is 2.41. The van der Waals surface area contributed by atoms with Crippen molar-refractivity contribution in [3.63, 3.8) is 0 Å². The molecule has 1 aromatic carbocycles. The summed E-state index contributed by atoms with van der Waals surface area (Å²) in [4.78, 5) is 36.1. The molecule has 0 spiro atoms. The zero-order valence-corrected chi connectivity index (χ0v) is 9.42. The SMILES string of the molecule is CN1C(=O)C(=O)N(CCc2ccccc2)C1=O. The fraction of sp³-hybridized carbons (Fsp3) is 0.250. The van der Waals surface area contributed by atoms with Gasteiger partial charge in [0.2, 0.25) is 0 Å². The standard InChI is InChI=1S/C12H12N2O3/c1-13-10(15)11(16)14(12(13)17)8-7-9-5-3-2-4-6-9/h2-6H,7-8H2,1H3. The van der Waals surface area contributed by atoms with Crippen LogP contribution >= 0.6 is 0 Å². The molecule has 0 N–H and O–H groups in total. The van der Waals surface area contributed by atoms with E-state index in [-0.39, 0.29) is 6.54 Å². The Balaban J connectivity index is 2.03. The summed E-state index contributed by atoms with van der Waals surface area (Å²) < 4.78 is 0. The molecular weight excluding hydrogens is 220 g/mol. The molecule has 0 radical (unpaired) electrons. The lowest BCUT2D eigenvalue weighted by molar-refractivity contribution is -0.142. The van der Waals surface area contributed by atoms with Crippen molar-refractivity contribution in [2.24, 2.45) is 0 Å². The fourth-order valence-corrected chi connectivity index (χ4v) is 1.70. The van der Waals surface area contributed by atoms with E-state index in [0.29, 0.717) is 6.42 Å². The Hall–Kier alpha value is -2.17. The van der Waals surface area contributed by atoms with Crippen LogP contribution in [-0.2, 0) is 16.0 Å². The third kappa shape index (κ3) is 2.04. The average Bonchev–Trinajstić information content (AvgIpc) is 2.54. The van der Waals surface area contributed by atoms with Gasteiger partial charge in [-0.3, -0.25) is 19.4 Å². The van der Waals surface area contributed by atoms with Gasteiger partial charge in [0.1, 0.15) is 0 Å². The number of benzene rings is 1. The maximum atomic E-state index is 11.6. The summed E-state index contributed by atoms with van der Waals surface area (Å²) >= 11 is 0. The number of likely N-dealkylation sites (N-methyl/N-ethyl adjacent to an activating group) is 1. The maximum absolute atomic E-state index is 11.6. The number of urea groups is 1. The highest BCUT2D eigenvalue weighted by atomic mass is 16.2. The van der Waals surface area contributed by atoms with Gasteiger partial charge in [-0.2, -0.15) is 0 Å². The van der Waals surface area contributed by atoms with Gasteiger partial charge < -0.3 is 0 Å². The van der Waals surface area contributed by atoms with Gasteiger partial charge >= 0.3 is 17.8 Å². The molecule has 0 aliphatic carbocycles. The van der Waals surface area contributed by atoms with E-state index in [0.717, 1.165) is 15.4 Å². The van der Waals surface area contributed by atoms with Crippen molar-refractivity contribution in [3.05, 3.63) is 35.9 Å². The molecule has 1 aliphatic rings. The van der Waals surface area contributed by atoms with Gasteiger partial charge in [-0.15, -0.1) is 0 Å². The van der Waals surface area contributed by atoms with Crippen molar-refractivity contribution in [3.8, 4) is 0 Å². The number of rotatable bonds is 3. The lowest BCUT2D eigenvalue weighted by Gasteiger charge is -2.12. The minimum atomic E-state index is -0.761. The Morgan fingerprint density at radius 3 is 2.18 bits per heavy atom. The third-order valence-corrected chi connectivity index (χ3v) is 2.72. The summed E-state index contributed by atoms with van der Waals surface area (Å²) in [5, 5.41) is 0. The maximum Gasteiger partial charge on any atom is 0.333 e.